The van der Waals surface area contributed by atoms with Crippen molar-refractivity contribution in [3.05, 3.63) is 53.5 Å². The molecule has 5 aliphatic rings. The lowest BCUT2D eigenvalue weighted by Crippen LogP contribution is -2.69. The zero-order chi connectivity index (χ0) is 29.2. The van der Waals surface area contributed by atoms with Gasteiger partial charge in [-0.25, -0.2) is 0 Å². The van der Waals surface area contributed by atoms with Crippen molar-refractivity contribution < 1.29 is 28.2 Å². The lowest BCUT2D eigenvalue weighted by atomic mass is 9.51. The molecule has 0 radical (unpaired) electrons. The molecule has 3 fully saturated rings. The fourth-order valence-electron chi connectivity index (χ4n) is 8.78. The minimum atomic E-state index is -0.183. The van der Waals surface area contributed by atoms with E-state index in [1.54, 1.807) is 25.7 Å². The highest BCUT2D eigenvalue weighted by Crippen LogP contribution is 2.64. The van der Waals surface area contributed by atoms with Gasteiger partial charge in [0, 0.05) is 54.6 Å². The Hall–Kier alpha value is -3.26. The summed E-state index contributed by atoms with van der Waals surface area (Å²) in [5.74, 6) is 2.71. The number of benzene rings is 1. The Kier molecular flexibility index (Phi) is 6.87. The minimum Gasteiger partial charge on any atom is -0.493 e. The van der Waals surface area contributed by atoms with E-state index in [4.69, 9.17) is 18.6 Å². The van der Waals surface area contributed by atoms with Crippen molar-refractivity contribution in [3.8, 4) is 11.5 Å². The smallest absolute Gasteiger partial charge is 0.302 e. The lowest BCUT2D eigenvalue weighted by molar-refractivity contribution is -0.142. The number of furan rings is 1. The van der Waals surface area contributed by atoms with Gasteiger partial charge in [0.15, 0.2) is 11.5 Å². The van der Waals surface area contributed by atoms with E-state index in [0.717, 1.165) is 62.3 Å². The SMILES string of the molecule is COc1ccc2c3c1O[C@H]1[C@@H](N(CC(C)C)C(=O)C=Cc4ccoc4)CC[C@H]4[C@@H](C2)N(CC2CC2OC(C)=O)CC[C@@]341. The molecule has 8 nitrogen and oxygen atoms in total. The van der Waals surface area contributed by atoms with E-state index >= 15 is 0 Å². The van der Waals surface area contributed by atoms with Gasteiger partial charge in [-0.3, -0.25) is 14.5 Å². The molecule has 224 valence electrons. The topological polar surface area (TPSA) is 81.5 Å². The number of hydrogen-bond donors (Lipinski definition) is 0. The number of amides is 1. The Bertz CT molecular complexity index is 1380. The maximum atomic E-state index is 13.9. The van der Waals surface area contributed by atoms with E-state index in [9.17, 15) is 9.59 Å². The first-order valence-electron chi connectivity index (χ1n) is 15.6. The fourth-order valence-corrected chi connectivity index (χ4v) is 8.78. The highest BCUT2D eigenvalue weighted by atomic mass is 16.5. The van der Waals surface area contributed by atoms with Gasteiger partial charge in [-0.15, -0.1) is 0 Å². The third kappa shape index (κ3) is 4.45. The summed E-state index contributed by atoms with van der Waals surface area (Å²) in [6.45, 7) is 8.47. The van der Waals surface area contributed by atoms with E-state index in [1.165, 1.54) is 18.1 Å². The van der Waals surface area contributed by atoms with E-state index in [2.05, 4.69) is 35.8 Å². The van der Waals surface area contributed by atoms with Crippen molar-refractivity contribution in [1.82, 2.24) is 9.80 Å². The van der Waals surface area contributed by atoms with Gasteiger partial charge >= 0.3 is 5.97 Å². The average molecular weight is 575 g/mol. The third-order valence-corrected chi connectivity index (χ3v) is 10.5. The quantitative estimate of drug-likeness (QED) is 0.313. The molecule has 1 aromatic heterocycles. The van der Waals surface area contributed by atoms with E-state index in [-0.39, 0.29) is 35.5 Å². The molecule has 1 saturated heterocycles. The highest BCUT2D eigenvalue weighted by Gasteiger charge is 2.67. The molecule has 42 heavy (non-hydrogen) atoms. The summed E-state index contributed by atoms with van der Waals surface area (Å²) >= 11 is 0. The van der Waals surface area contributed by atoms with Crippen LogP contribution in [-0.4, -0.2) is 72.7 Å². The fraction of sp³-hybridized carbons (Fsp3) is 0.588. The first kappa shape index (κ1) is 27.6. The van der Waals surface area contributed by atoms with Gasteiger partial charge in [-0.2, -0.15) is 0 Å². The van der Waals surface area contributed by atoms with Gasteiger partial charge < -0.3 is 23.5 Å². The summed E-state index contributed by atoms with van der Waals surface area (Å²) in [7, 11) is 1.72. The standard InChI is InChI=1S/C34H42N2O6/c1-20(2)17-36(30(38)10-5-22-11-14-40-19-22)26-8-7-25-27-15-23-6-9-28(39-4)32-31(23)34(25,33(26)42-32)12-13-35(27)18-24-16-29(24)41-21(3)37/h5-6,9-11,14,19-20,24-27,29,33H,7-8,12-13,15-18H2,1-4H3/t24?,25-,26-,27+,29?,33-,34-/m0/s1. The van der Waals surface area contributed by atoms with Crippen molar-refractivity contribution in [2.45, 2.75) is 82.6 Å². The molecule has 2 unspecified atom stereocenters. The van der Waals surface area contributed by atoms with Crippen molar-refractivity contribution in [1.29, 1.82) is 0 Å². The van der Waals surface area contributed by atoms with Gasteiger partial charge in [0.2, 0.25) is 5.91 Å². The molecular weight excluding hydrogens is 532 g/mol. The van der Waals surface area contributed by atoms with Crippen LogP contribution < -0.4 is 9.47 Å². The van der Waals surface area contributed by atoms with Crippen LogP contribution in [0.25, 0.3) is 6.08 Å². The van der Waals surface area contributed by atoms with E-state index in [0.29, 0.717) is 30.3 Å². The molecule has 7 atom stereocenters. The van der Waals surface area contributed by atoms with Crippen LogP contribution in [0.5, 0.6) is 11.5 Å². The maximum Gasteiger partial charge on any atom is 0.302 e. The first-order valence-corrected chi connectivity index (χ1v) is 15.6. The molecule has 0 N–H and O–H groups in total. The highest BCUT2D eigenvalue weighted by molar-refractivity contribution is 5.92. The summed E-state index contributed by atoms with van der Waals surface area (Å²) < 4.78 is 23.6. The molecular formula is C34H42N2O6. The van der Waals surface area contributed by atoms with Crippen molar-refractivity contribution in [2.75, 3.05) is 26.7 Å². The summed E-state index contributed by atoms with van der Waals surface area (Å²) in [5, 5.41) is 0. The molecule has 3 aliphatic carbocycles. The molecule has 3 heterocycles. The van der Waals surface area contributed by atoms with Gasteiger partial charge in [0.1, 0.15) is 12.2 Å². The minimum absolute atomic E-state index is 0.0199. The molecule has 1 amide bonds. The van der Waals surface area contributed by atoms with Crippen LogP contribution in [0.15, 0.2) is 41.2 Å². The number of methoxy groups -OCH3 is 1. The molecule has 8 heteroatoms. The molecule has 2 saturated carbocycles. The Morgan fingerprint density at radius 3 is 2.83 bits per heavy atom. The lowest BCUT2D eigenvalue weighted by Gasteiger charge is -2.60. The van der Waals surface area contributed by atoms with E-state index < -0.39 is 0 Å². The van der Waals surface area contributed by atoms with Crippen molar-refractivity contribution >= 4 is 18.0 Å². The summed E-state index contributed by atoms with van der Waals surface area (Å²) in [6.07, 6.45) is 11.6. The van der Waals surface area contributed by atoms with Crippen molar-refractivity contribution in [2.24, 2.45) is 17.8 Å². The first-order chi connectivity index (χ1) is 20.3. The van der Waals surface area contributed by atoms with Crippen LogP contribution in [-0.2, 0) is 26.2 Å². The zero-order valence-electron chi connectivity index (χ0n) is 25.1. The van der Waals surface area contributed by atoms with Gasteiger partial charge in [-0.1, -0.05) is 19.9 Å². The number of carbonyl (C=O) groups is 2. The second kappa shape index (κ2) is 10.5. The third-order valence-electron chi connectivity index (χ3n) is 10.5. The Balaban J connectivity index is 1.23. The van der Waals surface area contributed by atoms with Crippen molar-refractivity contribution in [3.63, 3.8) is 0 Å². The molecule has 2 aromatic rings. The Morgan fingerprint density at radius 2 is 2.10 bits per heavy atom. The van der Waals surface area contributed by atoms with E-state index in [1.807, 2.05) is 12.1 Å². The Morgan fingerprint density at radius 1 is 1.24 bits per heavy atom. The number of nitrogens with zero attached hydrogens (tertiary/aromatic N) is 2. The number of hydrogen-bond acceptors (Lipinski definition) is 7. The van der Waals surface area contributed by atoms with Crippen LogP contribution in [0.3, 0.4) is 0 Å². The van der Waals surface area contributed by atoms with Gasteiger partial charge in [-0.05, 0) is 74.3 Å². The summed E-state index contributed by atoms with van der Waals surface area (Å²) in [6, 6.07) is 6.53. The monoisotopic (exact) mass is 574 g/mol. The number of ether oxygens (including phenoxy) is 3. The number of rotatable bonds is 9. The normalized spacial score (nSPS) is 32.4. The number of carbonyl (C=O) groups excluding carboxylic acids is 2. The summed E-state index contributed by atoms with van der Waals surface area (Å²) in [5.41, 5.74) is 3.42. The molecule has 2 bridgehead atoms. The molecule has 2 aliphatic heterocycles. The number of likely N-dealkylation sites (tertiary alicyclic amines) is 1. The second-order valence-corrected chi connectivity index (χ2v) is 13.4. The molecule has 1 spiro atoms. The summed E-state index contributed by atoms with van der Waals surface area (Å²) in [4.78, 5) is 30.2. The predicted octanol–water partition coefficient (Wildman–Crippen LogP) is 4.85. The zero-order valence-corrected chi connectivity index (χ0v) is 25.1. The van der Waals surface area contributed by atoms with Crippen LogP contribution in [0.2, 0.25) is 0 Å². The Labute approximate surface area is 248 Å². The predicted molar refractivity (Wildman–Crippen MR) is 157 cm³/mol. The second-order valence-electron chi connectivity index (χ2n) is 13.4. The van der Waals surface area contributed by atoms with Crippen LogP contribution >= 0.6 is 0 Å². The van der Waals surface area contributed by atoms with Crippen LogP contribution in [0, 0.1) is 17.8 Å². The molecule has 7 rings (SSSR count). The van der Waals surface area contributed by atoms with Crippen LogP contribution in [0.4, 0.5) is 0 Å². The van der Waals surface area contributed by atoms with Crippen LogP contribution in [0.1, 0.15) is 63.1 Å². The number of esters is 1. The van der Waals surface area contributed by atoms with Gasteiger partial charge in [0.25, 0.3) is 0 Å². The largest absolute Gasteiger partial charge is 0.493 e. The molecule has 1 aromatic carbocycles. The average Bonchev–Trinajstić information content (AvgIpc) is 3.31. The maximum absolute atomic E-state index is 13.9. The number of piperidine rings is 1. The van der Waals surface area contributed by atoms with Gasteiger partial charge in [0.05, 0.1) is 25.7 Å².